The third kappa shape index (κ3) is 8.92. The molecule has 0 saturated heterocycles. The van der Waals surface area contributed by atoms with Gasteiger partial charge in [0.1, 0.15) is 0 Å². The van der Waals surface area contributed by atoms with Crippen molar-refractivity contribution < 1.29 is 0 Å². The predicted molar refractivity (Wildman–Crippen MR) is 75.9 cm³/mol. The molecule has 4 heteroatoms. The van der Waals surface area contributed by atoms with Crippen LogP contribution in [0.25, 0.3) is 0 Å². The van der Waals surface area contributed by atoms with Crippen molar-refractivity contribution in [2.24, 2.45) is 0 Å². The lowest BCUT2D eigenvalue weighted by atomic mass is 10.2. The van der Waals surface area contributed by atoms with Crippen LogP contribution in [0.2, 0.25) is 0 Å². The zero-order chi connectivity index (χ0) is 12.4. The zero-order valence-corrected chi connectivity index (χ0v) is 12.0. The van der Waals surface area contributed by atoms with Gasteiger partial charge in [0.25, 0.3) is 0 Å². The number of hydrogen-bond donors (Lipinski definition) is 2. The quantitative estimate of drug-likeness (QED) is 0.505. The maximum atomic E-state index is 5.13. The van der Waals surface area contributed by atoms with Gasteiger partial charge in [0.2, 0.25) is 0 Å². The van der Waals surface area contributed by atoms with Crippen LogP contribution < -0.4 is 10.6 Å². The Bertz CT molecular complexity index is 183. The monoisotopic (exact) mass is 245 g/mol. The highest BCUT2D eigenvalue weighted by Gasteiger charge is 2.01. The Labute approximate surface area is 106 Å². The van der Waals surface area contributed by atoms with Crippen molar-refractivity contribution in [1.29, 1.82) is 0 Å². The van der Waals surface area contributed by atoms with Crippen molar-refractivity contribution in [3.8, 4) is 0 Å². The van der Waals surface area contributed by atoms with Crippen molar-refractivity contribution >= 4 is 17.3 Å². The maximum absolute atomic E-state index is 5.13. The van der Waals surface area contributed by atoms with Gasteiger partial charge < -0.3 is 15.5 Å². The molecule has 0 aromatic heterocycles. The fourth-order valence-electron chi connectivity index (χ4n) is 1.25. The van der Waals surface area contributed by atoms with E-state index in [0.717, 1.165) is 31.2 Å². The minimum absolute atomic E-state index is 0.639. The summed E-state index contributed by atoms with van der Waals surface area (Å²) in [6.45, 7) is 9.68. The van der Waals surface area contributed by atoms with Gasteiger partial charge in [0.05, 0.1) is 0 Å². The van der Waals surface area contributed by atoms with E-state index in [1.54, 1.807) is 0 Å². The largest absolute Gasteiger partial charge is 0.363 e. The van der Waals surface area contributed by atoms with E-state index >= 15 is 0 Å². The normalized spacial score (nSPS) is 10.9. The summed E-state index contributed by atoms with van der Waals surface area (Å²) in [6, 6.07) is 0.639. The van der Waals surface area contributed by atoms with E-state index in [4.69, 9.17) is 12.2 Å². The van der Waals surface area contributed by atoms with Crippen LogP contribution in [0.5, 0.6) is 0 Å². The molecule has 0 aliphatic heterocycles. The van der Waals surface area contributed by atoms with E-state index < -0.39 is 0 Å². The molecule has 0 aliphatic carbocycles. The Kier molecular flexibility index (Phi) is 9.63. The summed E-state index contributed by atoms with van der Waals surface area (Å²) in [5, 5.41) is 7.17. The van der Waals surface area contributed by atoms with E-state index in [0.29, 0.717) is 6.04 Å². The first-order valence-electron chi connectivity index (χ1n) is 6.29. The van der Waals surface area contributed by atoms with Crippen LogP contribution in [0.4, 0.5) is 0 Å². The summed E-state index contributed by atoms with van der Waals surface area (Å²) in [7, 11) is 2.17. The molecular weight excluding hydrogens is 218 g/mol. The SMILES string of the molecule is CCCNC(=S)NCCCCN(C)C(C)C. The van der Waals surface area contributed by atoms with E-state index in [2.05, 4.69) is 43.4 Å². The molecule has 0 amide bonds. The Balaban J connectivity index is 3.30. The molecule has 0 rings (SSSR count). The number of hydrogen-bond acceptors (Lipinski definition) is 2. The molecule has 0 fully saturated rings. The van der Waals surface area contributed by atoms with Gasteiger partial charge in [0.15, 0.2) is 5.11 Å². The van der Waals surface area contributed by atoms with E-state index in [1.807, 2.05) is 0 Å². The molecular formula is C12H27N3S. The van der Waals surface area contributed by atoms with Gasteiger partial charge in [-0.05, 0) is 58.9 Å². The Morgan fingerprint density at radius 2 is 1.81 bits per heavy atom. The number of nitrogens with one attached hydrogen (secondary N) is 2. The summed E-state index contributed by atoms with van der Waals surface area (Å²) in [5.41, 5.74) is 0. The van der Waals surface area contributed by atoms with E-state index in [9.17, 15) is 0 Å². The number of thiocarbonyl (C=S) groups is 1. The second-order valence-corrected chi connectivity index (χ2v) is 4.87. The lowest BCUT2D eigenvalue weighted by molar-refractivity contribution is 0.268. The second-order valence-electron chi connectivity index (χ2n) is 4.46. The van der Waals surface area contributed by atoms with Gasteiger partial charge in [-0.2, -0.15) is 0 Å². The summed E-state index contributed by atoms with van der Waals surface area (Å²) in [4.78, 5) is 2.37. The number of unbranched alkanes of at least 4 members (excludes halogenated alkanes) is 1. The molecule has 3 nitrogen and oxygen atoms in total. The molecule has 0 aromatic rings. The first-order chi connectivity index (χ1) is 7.57. The molecule has 2 N–H and O–H groups in total. The lowest BCUT2D eigenvalue weighted by Crippen LogP contribution is -2.36. The van der Waals surface area contributed by atoms with E-state index in [-0.39, 0.29) is 0 Å². The van der Waals surface area contributed by atoms with Crippen molar-refractivity contribution in [1.82, 2.24) is 15.5 Å². The smallest absolute Gasteiger partial charge is 0.166 e. The van der Waals surface area contributed by atoms with E-state index in [1.165, 1.54) is 12.8 Å². The van der Waals surface area contributed by atoms with Gasteiger partial charge in [0, 0.05) is 19.1 Å². The molecule has 0 saturated carbocycles. The molecule has 0 aliphatic rings. The zero-order valence-electron chi connectivity index (χ0n) is 11.2. The fraction of sp³-hybridized carbons (Fsp3) is 0.917. The van der Waals surface area contributed by atoms with Crippen molar-refractivity contribution in [2.75, 3.05) is 26.7 Å². The molecule has 0 atom stereocenters. The Morgan fingerprint density at radius 1 is 1.19 bits per heavy atom. The van der Waals surface area contributed by atoms with Crippen LogP contribution in [0.3, 0.4) is 0 Å². The molecule has 0 bridgehead atoms. The summed E-state index contributed by atoms with van der Waals surface area (Å²) in [6.07, 6.45) is 3.50. The average molecular weight is 245 g/mol. The lowest BCUT2D eigenvalue weighted by Gasteiger charge is -2.20. The Hall–Kier alpha value is -0.350. The Morgan fingerprint density at radius 3 is 2.38 bits per heavy atom. The third-order valence-electron chi connectivity index (χ3n) is 2.64. The first-order valence-corrected chi connectivity index (χ1v) is 6.70. The highest BCUT2D eigenvalue weighted by Crippen LogP contribution is 1.97. The minimum atomic E-state index is 0.639. The van der Waals surface area contributed by atoms with Gasteiger partial charge in [-0.1, -0.05) is 6.92 Å². The number of rotatable bonds is 8. The van der Waals surface area contributed by atoms with Crippen LogP contribution in [-0.2, 0) is 0 Å². The highest BCUT2D eigenvalue weighted by atomic mass is 32.1. The van der Waals surface area contributed by atoms with Crippen LogP contribution in [0, 0.1) is 0 Å². The molecule has 0 spiro atoms. The number of nitrogens with zero attached hydrogens (tertiary/aromatic N) is 1. The summed E-state index contributed by atoms with van der Waals surface area (Å²) >= 11 is 5.13. The van der Waals surface area contributed by atoms with Gasteiger partial charge in [-0.25, -0.2) is 0 Å². The van der Waals surface area contributed by atoms with Gasteiger partial charge in [-0.3, -0.25) is 0 Å². The van der Waals surface area contributed by atoms with Crippen molar-refractivity contribution in [2.45, 2.75) is 46.1 Å². The predicted octanol–water partition coefficient (Wildman–Crippen LogP) is 1.98. The minimum Gasteiger partial charge on any atom is -0.363 e. The second kappa shape index (κ2) is 9.85. The topological polar surface area (TPSA) is 27.3 Å². The third-order valence-corrected chi connectivity index (χ3v) is 2.93. The van der Waals surface area contributed by atoms with Gasteiger partial charge >= 0.3 is 0 Å². The molecule has 96 valence electrons. The standard InChI is InChI=1S/C12H27N3S/c1-5-8-13-12(16)14-9-6-7-10-15(4)11(2)3/h11H,5-10H2,1-4H3,(H2,13,14,16). The average Bonchev–Trinajstić information content (AvgIpc) is 2.25. The summed E-state index contributed by atoms with van der Waals surface area (Å²) < 4.78 is 0. The van der Waals surface area contributed by atoms with Crippen LogP contribution in [-0.4, -0.2) is 42.7 Å². The molecule has 16 heavy (non-hydrogen) atoms. The van der Waals surface area contributed by atoms with Crippen LogP contribution >= 0.6 is 12.2 Å². The highest BCUT2D eigenvalue weighted by molar-refractivity contribution is 7.80. The summed E-state index contributed by atoms with van der Waals surface area (Å²) in [5.74, 6) is 0. The molecule has 0 aromatic carbocycles. The molecule has 0 radical (unpaired) electrons. The van der Waals surface area contributed by atoms with Crippen molar-refractivity contribution in [3.63, 3.8) is 0 Å². The first kappa shape index (κ1) is 15.7. The molecule has 0 unspecified atom stereocenters. The fourth-order valence-corrected chi connectivity index (χ4v) is 1.45. The van der Waals surface area contributed by atoms with Crippen LogP contribution in [0.15, 0.2) is 0 Å². The molecule has 0 heterocycles. The van der Waals surface area contributed by atoms with Gasteiger partial charge in [-0.15, -0.1) is 0 Å². The maximum Gasteiger partial charge on any atom is 0.166 e. The van der Waals surface area contributed by atoms with Crippen LogP contribution in [0.1, 0.15) is 40.0 Å². The van der Waals surface area contributed by atoms with Crippen molar-refractivity contribution in [3.05, 3.63) is 0 Å².